The van der Waals surface area contributed by atoms with Gasteiger partial charge in [-0.3, -0.25) is 13.8 Å². The molecule has 23 heavy (non-hydrogen) atoms. The van der Waals surface area contributed by atoms with Crippen LogP contribution < -0.4 is 11.1 Å². The van der Waals surface area contributed by atoms with Crippen molar-refractivity contribution in [3.63, 3.8) is 0 Å². The minimum atomic E-state index is -1.25. The lowest BCUT2D eigenvalue weighted by Gasteiger charge is -2.15. The van der Waals surface area contributed by atoms with Gasteiger partial charge in [-0.15, -0.1) is 0 Å². The molecule has 0 saturated heterocycles. The van der Waals surface area contributed by atoms with Gasteiger partial charge >= 0.3 is 0 Å². The van der Waals surface area contributed by atoms with Gasteiger partial charge in [0, 0.05) is 17.8 Å². The summed E-state index contributed by atoms with van der Waals surface area (Å²) in [5, 5.41) is 2.49. The number of benzene rings is 1. The zero-order valence-corrected chi connectivity index (χ0v) is 13.8. The van der Waals surface area contributed by atoms with Crippen LogP contribution in [0, 0.1) is 0 Å². The number of hydrogen-bond donors (Lipinski definition) is 2. The van der Waals surface area contributed by atoms with E-state index in [9.17, 15) is 13.8 Å². The zero-order valence-electron chi connectivity index (χ0n) is 13.0. The van der Waals surface area contributed by atoms with E-state index < -0.39 is 28.7 Å². The zero-order chi connectivity index (χ0) is 17.1. The number of hydrogen-bond acceptors (Lipinski definition) is 5. The van der Waals surface area contributed by atoms with Crippen LogP contribution in [0.15, 0.2) is 35.2 Å². The Bertz CT molecular complexity index is 524. The fourth-order valence-electron chi connectivity index (χ4n) is 1.74. The lowest BCUT2D eigenvalue weighted by molar-refractivity contribution is -0.130. The lowest BCUT2D eigenvalue weighted by Crippen LogP contribution is -2.46. The minimum absolute atomic E-state index is 0.186. The molecule has 0 aromatic heterocycles. The predicted octanol–water partition coefficient (Wildman–Crippen LogP) is -0.183. The highest BCUT2D eigenvalue weighted by Crippen LogP contribution is 2.07. The molecular formula is C15H22N2O5S. The summed E-state index contributed by atoms with van der Waals surface area (Å²) >= 11 is 0. The highest BCUT2D eigenvalue weighted by molar-refractivity contribution is 7.85. The molecule has 0 saturated carbocycles. The molecule has 128 valence electrons. The fraction of sp³-hybridized carbons (Fsp3) is 0.467. The van der Waals surface area contributed by atoms with Crippen molar-refractivity contribution in [1.29, 1.82) is 0 Å². The van der Waals surface area contributed by atoms with Gasteiger partial charge in [0.05, 0.1) is 24.0 Å². The first kappa shape index (κ1) is 19.3. The molecule has 2 atom stereocenters. The number of primary amides is 1. The molecule has 8 heteroatoms. The fourth-order valence-corrected chi connectivity index (χ4v) is 2.89. The van der Waals surface area contributed by atoms with Crippen LogP contribution in [0.1, 0.15) is 6.42 Å². The van der Waals surface area contributed by atoms with E-state index in [0.717, 1.165) is 0 Å². The molecule has 1 rings (SSSR count). The van der Waals surface area contributed by atoms with Crippen LogP contribution >= 0.6 is 0 Å². The van der Waals surface area contributed by atoms with Gasteiger partial charge in [0.1, 0.15) is 12.6 Å². The molecular weight excluding hydrogens is 320 g/mol. The number of ether oxygens (including phenoxy) is 2. The third kappa shape index (κ3) is 7.87. The minimum Gasteiger partial charge on any atom is -0.382 e. The number of carbonyl (C=O) groups is 2. The highest BCUT2D eigenvalue weighted by atomic mass is 32.2. The Labute approximate surface area is 138 Å². The second kappa shape index (κ2) is 10.9. The number of amides is 2. The second-order valence-corrected chi connectivity index (χ2v) is 6.29. The first-order valence-electron chi connectivity index (χ1n) is 7.13. The van der Waals surface area contributed by atoms with E-state index in [1.165, 1.54) is 7.11 Å². The third-order valence-corrected chi connectivity index (χ3v) is 4.35. The molecule has 0 heterocycles. The molecule has 0 aliphatic carbocycles. The Hall–Kier alpha value is -1.77. The van der Waals surface area contributed by atoms with Crippen molar-refractivity contribution in [2.24, 2.45) is 5.73 Å². The van der Waals surface area contributed by atoms with E-state index >= 15 is 0 Å². The Morgan fingerprint density at radius 1 is 1.26 bits per heavy atom. The maximum atomic E-state index is 12.1. The van der Waals surface area contributed by atoms with Gasteiger partial charge in [0.15, 0.2) is 0 Å². The molecule has 2 amide bonds. The van der Waals surface area contributed by atoms with E-state index in [1.54, 1.807) is 24.3 Å². The van der Waals surface area contributed by atoms with Crippen LogP contribution in [0.4, 0.5) is 0 Å². The predicted molar refractivity (Wildman–Crippen MR) is 86.2 cm³/mol. The van der Waals surface area contributed by atoms with Crippen molar-refractivity contribution in [2.75, 3.05) is 32.7 Å². The summed E-state index contributed by atoms with van der Waals surface area (Å²) in [4.78, 5) is 23.8. The summed E-state index contributed by atoms with van der Waals surface area (Å²) in [6.45, 7) is 0.473. The quantitative estimate of drug-likeness (QED) is 0.542. The van der Waals surface area contributed by atoms with Crippen molar-refractivity contribution in [3.8, 4) is 0 Å². The van der Waals surface area contributed by atoms with Crippen molar-refractivity contribution < 1.29 is 23.3 Å². The molecule has 0 radical (unpaired) electrons. The van der Waals surface area contributed by atoms with Gasteiger partial charge < -0.3 is 20.5 Å². The third-order valence-electron chi connectivity index (χ3n) is 2.94. The molecule has 0 spiro atoms. The van der Waals surface area contributed by atoms with Gasteiger partial charge in [0.2, 0.25) is 11.8 Å². The standard InChI is InChI=1S/C15H22N2O5S/c1-21-8-9-22-11-14(18)17-13(15(16)19)7-10-23(20)12-5-3-2-4-6-12/h2-6,13H,7-11H2,1H3,(H2,16,19)(H,17,18)/t13-,23-/m0/s1. The number of nitrogens with two attached hydrogens (primary N) is 1. The van der Waals surface area contributed by atoms with Crippen LogP contribution in [-0.2, 0) is 29.9 Å². The van der Waals surface area contributed by atoms with Gasteiger partial charge in [-0.05, 0) is 18.6 Å². The maximum Gasteiger partial charge on any atom is 0.246 e. The Morgan fingerprint density at radius 3 is 2.57 bits per heavy atom. The van der Waals surface area contributed by atoms with E-state index in [1.807, 2.05) is 6.07 Å². The average molecular weight is 342 g/mol. The highest BCUT2D eigenvalue weighted by Gasteiger charge is 2.19. The molecule has 0 aliphatic heterocycles. The van der Waals surface area contributed by atoms with E-state index in [4.69, 9.17) is 15.2 Å². The summed E-state index contributed by atoms with van der Waals surface area (Å²) < 4.78 is 22.0. The number of nitrogens with one attached hydrogen (secondary N) is 1. The van der Waals surface area contributed by atoms with Gasteiger partial charge in [-0.2, -0.15) is 0 Å². The summed E-state index contributed by atoms with van der Waals surface area (Å²) in [6.07, 6.45) is 0.195. The molecule has 1 aromatic carbocycles. The van der Waals surface area contributed by atoms with Crippen LogP contribution in [0.2, 0.25) is 0 Å². The Kier molecular flexibility index (Phi) is 9.11. The lowest BCUT2D eigenvalue weighted by atomic mass is 10.2. The van der Waals surface area contributed by atoms with Crippen LogP contribution in [0.3, 0.4) is 0 Å². The molecule has 3 N–H and O–H groups in total. The van der Waals surface area contributed by atoms with Crippen molar-refractivity contribution in [3.05, 3.63) is 30.3 Å². The maximum absolute atomic E-state index is 12.1. The summed E-state index contributed by atoms with van der Waals surface area (Å²) in [5.74, 6) is -0.890. The topological polar surface area (TPSA) is 108 Å². The normalized spacial score (nSPS) is 13.3. The smallest absolute Gasteiger partial charge is 0.246 e. The van der Waals surface area contributed by atoms with Gasteiger partial charge in [-0.1, -0.05) is 18.2 Å². The summed E-state index contributed by atoms with van der Waals surface area (Å²) in [6, 6.07) is 8.03. The SMILES string of the molecule is COCCOCC(=O)N[C@@H](CC[S@](=O)c1ccccc1)C(N)=O. The first-order valence-corrected chi connectivity index (χ1v) is 8.45. The average Bonchev–Trinajstić information content (AvgIpc) is 2.55. The van der Waals surface area contributed by atoms with E-state index in [-0.39, 0.29) is 25.4 Å². The summed E-state index contributed by atoms with van der Waals surface area (Å²) in [7, 11) is 0.277. The number of carbonyl (C=O) groups excluding carboxylic acids is 2. The molecule has 0 bridgehead atoms. The molecule has 0 unspecified atom stereocenters. The monoisotopic (exact) mass is 342 g/mol. The van der Waals surface area contributed by atoms with Crippen LogP contribution in [0.25, 0.3) is 0 Å². The van der Waals surface area contributed by atoms with Crippen LogP contribution in [0.5, 0.6) is 0 Å². The molecule has 7 nitrogen and oxygen atoms in total. The Morgan fingerprint density at radius 2 is 1.96 bits per heavy atom. The molecule has 1 aromatic rings. The molecule has 0 aliphatic rings. The van der Waals surface area contributed by atoms with Gasteiger partial charge in [0.25, 0.3) is 0 Å². The largest absolute Gasteiger partial charge is 0.382 e. The van der Waals surface area contributed by atoms with Crippen molar-refractivity contribution in [2.45, 2.75) is 17.4 Å². The summed E-state index contributed by atoms with van der Waals surface area (Å²) in [5.41, 5.74) is 5.27. The van der Waals surface area contributed by atoms with Crippen molar-refractivity contribution >= 4 is 22.6 Å². The Balaban J connectivity index is 2.41. The first-order chi connectivity index (χ1) is 11.0. The van der Waals surface area contributed by atoms with Gasteiger partial charge in [-0.25, -0.2) is 0 Å². The van der Waals surface area contributed by atoms with E-state index in [0.29, 0.717) is 11.5 Å². The number of methoxy groups -OCH3 is 1. The number of rotatable bonds is 11. The molecule has 0 fully saturated rings. The van der Waals surface area contributed by atoms with Crippen molar-refractivity contribution in [1.82, 2.24) is 5.32 Å². The van der Waals surface area contributed by atoms with Crippen LogP contribution in [-0.4, -0.2) is 54.7 Å². The second-order valence-electron chi connectivity index (χ2n) is 4.72. The van der Waals surface area contributed by atoms with E-state index in [2.05, 4.69) is 5.32 Å².